The van der Waals surface area contributed by atoms with Crippen LogP contribution in [-0.4, -0.2) is 71.0 Å². The second kappa shape index (κ2) is 16.6. The standard InChI is InChI=1S/C42H59N3O10SSi2/c1-29-26-45(39(48)44(37(29)47)23-18-24-51-33(31-21-16-13-17-22-31)25-32(46)30-19-14-12-15-20-30)38-36(54-58(10,11)41(5,6)7)42(34(43)28-56(49,50)55-42)35(53-38)27-52-57(8,9)40(2,3)4/h12-17,19-22,25-26,28,35-36,38H,18,23-24,27,43H2,1-11H3/b33-25-/t35-,36+,38-,42?/m1/s1. The minimum Gasteiger partial charge on any atom is -0.493 e. The van der Waals surface area contributed by atoms with Crippen molar-refractivity contribution in [1.82, 2.24) is 9.13 Å². The first-order valence-electron chi connectivity index (χ1n) is 19.5. The summed E-state index contributed by atoms with van der Waals surface area (Å²) in [7, 11) is -9.51. The Labute approximate surface area is 344 Å². The molecule has 13 nitrogen and oxygen atoms in total. The molecule has 2 aliphatic rings. The summed E-state index contributed by atoms with van der Waals surface area (Å²) in [6, 6.07) is 18.0. The minimum atomic E-state index is -4.29. The molecule has 2 N–H and O–H groups in total. The quantitative estimate of drug-likeness (QED) is 0.0450. The highest BCUT2D eigenvalue weighted by Crippen LogP contribution is 2.52. The van der Waals surface area contributed by atoms with Crippen LogP contribution in [0.25, 0.3) is 5.76 Å². The van der Waals surface area contributed by atoms with Crippen LogP contribution in [0.15, 0.2) is 93.6 Å². The van der Waals surface area contributed by atoms with Crippen LogP contribution >= 0.6 is 0 Å². The largest absolute Gasteiger partial charge is 0.493 e. The fraction of sp³-hybridized carbons (Fsp3) is 0.500. The number of ether oxygens (including phenoxy) is 2. The number of aryl methyl sites for hydroxylation is 1. The maximum Gasteiger partial charge on any atom is 0.333 e. The number of hydrogen-bond acceptors (Lipinski definition) is 11. The van der Waals surface area contributed by atoms with E-state index < -0.39 is 62.0 Å². The molecule has 0 amide bonds. The highest BCUT2D eigenvalue weighted by molar-refractivity contribution is 7.90. The van der Waals surface area contributed by atoms with Crippen molar-refractivity contribution in [2.24, 2.45) is 5.73 Å². The monoisotopic (exact) mass is 853 g/mol. The van der Waals surface area contributed by atoms with Gasteiger partial charge < -0.3 is 24.1 Å². The molecule has 0 saturated carbocycles. The minimum absolute atomic E-state index is 0.0372. The molecule has 3 heterocycles. The van der Waals surface area contributed by atoms with Gasteiger partial charge in [0.15, 0.2) is 34.2 Å². The van der Waals surface area contributed by atoms with E-state index in [1.165, 1.54) is 16.8 Å². The van der Waals surface area contributed by atoms with Crippen molar-refractivity contribution in [3.63, 3.8) is 0 Å². The number of nitrogens with two attached hydrogens (primary N) is 1. The van der Waals surface area contributed by atoms with Gasteiger partial charge in [-0.3, -0.25) is 18.7 Å². The van der Waals surface area contributed by atoms with Gasteiger partial charge in [0.25, 0.3) is 15.7 Å². The van der Waals surface area contributed by atoms with Crippen molar-refractivity contribution >= 4 is 38.3 Å². The van der Waals surface area contributed by atoms with Gasteiger partial charge >= 0.3 is 5.69 Å². The number of allylic oxidation sites excluding steroid dienone is 1. The zero-order valence-corrected chi connectivity index (χ0v) is 38.3. The Morgan fingerprint density at radius 2 is 1.48 bits per heavy atom. The summed E-state index contributed by atoms with van der Waals surface area (Å²) in [6.07, 6.45) is -0.554. The lowest BCUT2D eigenvalue weighted by Crippen LogP contribution is -2.59. The van der Waals surface area contributed by atoms with Gasteiger partial charge in [0.05, 0.1) is 24.3 Å². The van der Waals surface area contributed by atoms with Crippen LogP contribution in [0, 0.1) is 6.92 Å². The fourth-order valence-electron chi connectivity index (χ4n) is 6.37. The first kappa shape index (κ1) is 45.2. The number of nitrogens with zero attached hydrogens (tertiary/aromatic N) is 2. The van der Waals surface area contributed by atoms with Crippen molar-refractivity contribution in [3.8, 4) is 0 Å². The van der Waals surface area contributed by atoms with Crippen molar-refractivity contribution in [3.05, 3.63) is 122 Å². The third kappa shape index (κ3) is 9.27. The Morgan fingerprint density at radius 1 is 0.914 bits per heavy atom. The number of hydrogen-bond donors (Lipinski definition) is 1. The lowest BCUT2D eigenvalue weighted by molar-refractivity contribution is -0.0567. The van der Waals surface area contributed by atoms with Crippen LogP contribution in [0.1, 0.15) is 75.7 Å². The first-order chi connectivity index (χ1) is 26.8. The number of rotatable bonds is 14. The average molecular weight is 854 g/mol. The summed E-state index contributed by atoms with van der Waals surface area (Å²) in [4.78, 5) is 41.3. The first-order valence-corrected chi connectivity index (χ1v) is 26.8. The molecule has 1 spiro atoms. The molecular formula is C42H59N3O10SSi2. The molecule has 5 rings (SSSR count). The second-order valence-corrected chi connectivity index (χ2v) is 29.0. The summed E-state index contributed by atoms with van der Waals surface area (Å²) in [5, 5.41) is 0.324. The van der Waals surface area contributed by atoms with Crippen LogP contribution in [0.4, 0.5) is 0 Å². The lowest BCUT2D eigenvalue weighted by Gasteiger charge is -2.43. The Kier molecular flexibility index (Phi) is 13.0. The van der Waals surface area contributed by atoms with E-state index in [1.807, 2.05) is 70.3 Å². The van der Waals surface area contributed by atoms with E-state index in [1.54, 1.807) is 31.2 Å². The summed E-state index contributed by atoms with van der Waals surface area (Å²) in [5.41, 5.74) is 4.88. The predicted molar refractivity (Wildman–Crippen MR) is 230 cm³/mol. The van der Waals surface area contributed by atoms with Crippen LogP contribution in [-0.2, 0) is 39.2 Å². The molecule has 1 unspecified atom stereocenters. The summed E-state index contributed by atoms with van der Waals surface area (Å²) < 4.78 is 61.3. The van der Waals surface area contributed by atoms with Crippen molar-refractivity contribution in [1.29, 1.82) is 0 Å². The number of carbonyl (C=O) groups excluding carboxylic acids is 1. The van der Waals surface area contributed by atoms with Crippen molar-refractivity contribution in [2.45, 2.75) is 122 Å². The molecule has 1 fully saturated rings. The molecule has 2 aliphatic heterocycles. The SMILES string of the molecule is Cc1cn([C@@H]2O[C@H](CO[Si](C)(C)C(C)(C)C)C3(OS(=O)(=O)C=C3N)[C@H]2O[Si](C)(C)C(C)(C)C)c(=O)n(CCCO/C(=C\C(=O)c2ccccc2)c2ccccc2)c1=O. The Hall–Kier alpha value is -3.91. The van der Waals surface area contributed by atoms with E-state index in [0.29, 0.717) is 16.9 Å². The molecule has 0 aliphatic carbocycles. The molecule has 58 heavy (non-hydrogen) atoms. The molecular weight excluding hydrogens is 795 g/mol. The molecule has 2 aromatic carbocycles. The zero-order valence-electron chi connectivity index (χ0n) is 35.5. The Balaban J connectivity index is 1.52. The average Bonchev–Trinajstić information content (AvgIpc) is 3.56. The van der Waals surface area contributed by atoms with Crippen LogP contribution in [0.5, 0.6) is 0 Å². The Bertz CT molecular complexity index is 2280. The number of carbonyl (C=O) groups is 1. The highest BCUT2D eigenvalue weighted by Gasteiger charge is 2.67. The van der Waals surface area contributed by atoms with Gasteiger partial charge in [-0.25, -0.2) is 8.98 Å². The maximum absolute atomic E-state index is 14.5. The van der Waals surface area contributed by atoms with E-state index in [2.05, 4.69) is 33.9 Å². The topological polar surface area (TPSA) is 167 Å². The van der Waals surface area contributed by atoms with Gasteiger partial charge in [-0.05, 0) is 49.6 Å². The number of ketones is 1. The fourth-order valence-corrected chi connectivity index (χ4v) is 9.88. The zero-order chi connectivity index (χ0) is 43.1. The number of aromatic nitrogens is 2. The Morgan fingerprint density at radius 3 is 2.02 bits per heavy atom. The third-order valence-corrected chi connectivity index (χ3v) is 21.9. The molecule has 3 aromatic rings. The van der Waals surface area contributed by atoms with Gasteiger partial charge in [0, 0.05) is 35.5 Å². The van der Waals surface area contributed by atoms with Gasteiger partial charge in [0.2, 0.25) is 0 Å². The van der Waals surface area contributed by atoms with Gasteiger partial charge in [-0.1, -0.05) is 102 Å². The summed E-state index contributed by atoms with van der Waals surface area (Å²) >= 11 is 0. The van der Waals surface area contributed by atoms with Crippen LogP contribution in [0.2, 0.25) is 36.3 Å². The summed E-state index contributed by atoms with van der Waals surface area (Å²) in [5.74, 6) is 0.116. The lowest BCUT2D eigenvalue weighted by atomic mass is 9.89. The van der Waals surface area contributed by atoms with E-state index in [9.17, 15) is 22.8 Å². The molecule has 316 valence electrons. The van der Waals surface area contributed by atoms with Crippen molar-refractivity contribution in [2.75, 3.05) is 13.2 Å². The number of benzene rings is 2. The molecule has 1 aromatic heterocycles. The maximum atomic E-state index is 14.5. The van der Waals surface area contributed by atoms with Gasteiger partial charge in [0.1, 0.15) is 18.0 Å². The smallest absolute Gasteiger partial charge is 0.333 e. The summed E-state index contributed by atoms with van der Waals surface area (Å²) in [6.45, 7) is 22.0. The van der Waals surface area contributed by atoms with Gasteiger partial charge in [-0.2, -0.15) is 8.42 Å². The van der Waals surface area contributed by atoms with Crippen LogP contribution < -0.4 is 17.0 Å². The second-order valence-electron chi connectivity index (χ2n) is 18.1. The predicted octanol–water partition coefficient (Wildman–Crippen LogP) is 6.86. The van der Waals surface area contributed by atoms with Crippen LogP contribution in [0.3, 0.4) is 0 Å². The third-order valence-electron chi connectivity index (χ3n) is 11.9. The molecule has 0 radical (unpaired) electrons. The van der Waals surface area contributed by atoms with E-state index in [4.69, 9.17) is 28.2 Å². The molecule has 1 saturated heterocycles. The van der Waals surface area contributed by atoms with E-state index >= 15 is 0 Å². The normalized spacial score (nSPS) is 22.6. The van der Waals surface area contributed by atoms with E-state index in [-0.39, 0.29) is 53.3 Å². The highest BCUT2D eigenvalue weighted by atomic mass is 32.2. The van der Waals surface area contributed by atoms with Crippen molar-refractivity contribution < 1.29 is 35.7 Å². The molecule has 0 bridgehead atoms. The van der Waals surface area contributed by atoms with E-state index in [0.717, 1.165) is 9.98 Å². The molecule has 16 heteroatoms. The molecule has 4 atom stereocenters. The van der Waals surface area contributed by atoms with Gasteiger partial charge in [-0.15, -0.1) is 0 Å².